The van der Waals surface area contributed by atoms with Crippen LogP contribution < -0.4 is 0 Å². The van der Waals surface area contributed by atoms with Crippen LogP contribution >= 0.6 is 0 Å². The average Bonchev–Trinajstić information content (AvgIpc) is 2.43. The summed E-state index contributed by atoms with van der Waals surface area (Å²) in [6, 6.07) is 0. The molecule has 2 saturated carbocycles. The molecular formula is C10H18O. The van der Waals surface area contributed by atoms with Gasteiger partial charge in [-0.05, 0) is 24.7 Å². The van der Waals surface area contributed by atoms with E-state index in [-0.39, 0.29) is 5.60 Å². The molecule has 0 saturated heterocycles. The lowest BCUT2D eigenvalue weighted by Crippen LogP contribution is -2.14. The fourth-order valence-electron chi connectivity index (χ4n) is 2.47. The normalized spacial score (nSPS) is 44.7. The number of hydrogen-bond donors (Lipinski definition) is 1. The Morgan fingerprint density at radius 3 is 2.36 bits per heavy atom. The zero-order valence-electron chi connectivity index (χ0n) is 7.34. The van der Waals surface area contributed by atoms with Gasteiger partial charge in [0.2, 0.25) is 0 Å². The Bertz CT molecular complexity index is 149. The highest BCUT2D eigenvalue weighted by molar-refractivity contribution is 5.02. The quantitative estimate of drug-likeness (QED) is 0.647. The van der Waals surface area contributed by atoms with Crippen LogP contribution in [0, 0.1) is 11.8 Å². The molecule has 2 unspecified atom stereocenters. The monoisotopic (exact) mass is 154 g/mol. The van der Waals surface area contributed by atoms with Gasteiger partial charge in [-0.1, -0.05) is 32.6 Å². The Morgan fingerprint density at radius 1 is 1.36 bits per heavy atom. The van der Waals surface area contributed by atoms with Crippen LogP contribution in [0.4, 0.5) is 0 Å². The summed E-state index contributed by atoms with van der Waals surface area (Å²) in [5, 5.41) is 9.86. The molecule has 2 atom stereocenters. The minimum atomic E-state index is -0.227. The van der Waals surface area contributed by atoms with Gasteiger partial charge in [0.25, 0.3) is 0 Å². The van der Waals surface area contributed by atoms with Gasteiger partial charge in [-0.3, -0.25) is 0 Å². The van der Waals surface area contributed by atoms with Crippen molar-refractivity contribution in [2.45, 2.75) is 51.0 Å². The summed E-state index contributed by atoms with van der Waals surface area (Å²) in [5.41, 5.74) is -0.227. The predicted octanol–water partition coefficient (Wildman–Crippen LogP) is 2.34. The van der Waals surface area contributed by atoms with E-state index in [9.17, 15) is 5.11 Å². The van der Waals surface area contributed by atoms with Crippen LogP contribution in [0.3, 0.4) is 0 Å². The fourth-order valence-corrected chi connectivity index (χ4v) is 2.47. The Labute approximate surface area is 68.8 Å². The maximum atomic E-state index is 9.86. The van der Waals surface area contributed by atoms with E-state index in [1.165, 1.54) is 25.7 Å². The second-order valence-electron chi connectivity index (χ2n) is 4.56. The SMILES string of the molecule is CC1CC1(O)CC1CCCC1. The van der Waals surface area contributed by atoms with E-state index in [1.807, 2.05) is 0 Å². The highest BCUT2D eigenvalue weighted by Crippen LogP contribution is 2.49. The maximum Gasteiger partial charge on any atom is 0.0680 e. The third-order valence-electron chi connectivity index (χ3n) is 3.53. The number of rotatable bonds is 2. The Balaban J connectivity index is 1.81. The van der Waals surface area contributed by atoms with Crippen LogP contribution in [0.15, 0.2) is 0 Å². The lowest BCUT2D eigenvalue weighted by Gasteiger charge is -2.14. The molecule has 1 heteroatoms. The first-order chi connectivity index (χ1) is 5.21. The molecule has 2 aliphatic carbocycles. The van der Waals surface area contributed by atoms with Crippen molar-refractivity contribution in [3.05, 3.63) is 0 Å². The van der Waals surface area contributed by atoms with Crippen LogP contribution in [-0.2, 0) is 0 Å². The van der Waals surface area contributed by atoms with E-state index in [4.69, 9.17) is 0 Å². The molecule has 1 N–H and O–H groups in total. The van der Waals surface area contributed by atoms with Gasteiger partial charge in [0, 0.05) is 0 Å². The first-order valence-corrected chi connectivity index (χ1v) is 4.93. The summed E-state index contributed by atoms with van der Waals surface area (Å²) in [6.45, 7) is 2.16. The number of aliphatic hydroxyl groups is 1. The summed E-state index contributed by atoms with van der Waals surface area (Å²) in [6.07, 6.45) is 7.69. The van der Waals surface area contributed by atoms with Crippen LogP contribution in [0.2, 0.25) is 0 Å². The van der Waals surface area contributed by atoms with Crippen LogP contribution in [0.25, 0.3) is 0 Å². The van der Waals surface area contributed by atoms with Gasteiger partial charge in [-0.15, -0.1) is 0 Å². The molecule has 0 heterocycles. The molecular weight excluding hydrogens is 136 g/mol. The van der Waals surface area contributed by atoms with Gasteiger partial charge in [0.1, 0.15) is 0 Å². The molecule has 0 spiro atoms. The van der Waals surface area contributed by atoms with Gasteiger partial charge in [-0.25, -0.2) is 0 Å². The highest BCUT2D eigenvalue weighted by atomic mass is 16.3. The molecule has 0 aromatic carbocycles. The van der Waals surface area contributed by atoms with E-state index in [1.54, 1.807) is 0 Å². The van der Waals surface area contributed by atoms with Crippen LogP contribution in [0.5, 0.6) is 0 Å². The molecule has 0 bridgehead atoms. The van der Waals surface area contributed by atoms with E-state index >= 15 is 0 Å². The van der Waals surface area contributed by atoms with Crippen molar-refractivity contribution < 1.29 is 5.11 Å². The fraction of sp³-hybridized carbons (Fsp3) is 1.00. The first-order valence-electron chi connectivity index (χ1n) is 4.93. The van der Waals surface area contributed by atoms with Gasteiger partial charge in [0.05, 0.1) is 5.60 Å². The molecule has 0 amide bonds. The zero-order valence-corrected chi connectivity index (χ0v) is 7.34. The van der Waals surface area contributed by atoms with Gasteiger partial charge in [-0.2, -0.15) is 0 Å². The molecule has 0 aromatic rings. The van der Waals surface area contributed by atoms with Crippen molar-refractivity contribution in [3.63, 3.8) is 0 Å². The third-order valence-corrected chi connectivity index (χ3v) is 3.53. The molecule has 1 nitrogen and oxygen atoms in total. The van der Waals surface area contributed by atoms with Crippen LogP contribution in [0.1, 0.15) is 45.4 Å². The van der Waals surface area contributed by atoms with Crippen molar-refractivity contribution in [2.75, 3.05) is 0 Å². The van der Waals surface area contributed by atoms with Gasteiger partial charge >= 0.3 is 0 Å². The van der Waals surface area contributed by atoms with E-state index in [2.05, 4.69) is 6.92 Å². The first kappa shape index (κ1) is 7.60. The standard InChI is InChI=1S/C10H18O/c1-8-6-10(8,11)7-9-4-2-3-5-9/h8-9,11H,2-7H2,1H3. The van der Waals surface area contributed by atoms with E-state index < -0.39 is 0 Å². The van der Waals surface area contributed by atoms with Crippen molar-refractivity contribution in [1.29, 1.82) is 0 Å². The second kappa shape index (κ2) is 2.48. The molecule has 11 heavy (non-hydrogen) atoms. The summed E-state index contributed by atoms with van der Waals surface area (Å²) in [7, 11) is 0. The van der Waals surface area contributed by atoms with Crippen molar-refractivity contribution >= 4 is 0 Å². The Hall–Kier alpha value is -0.0400. The van der Waals surface area contributed by atoms with Crippen molar-refractivity contribution in [3.8, 4) is 0 Å². The Morgan fingerprint density at radius 2 is 1.91 bits per heavy atom. The summed E-state index contributed by atoms with van der Waals surface area (Å²) in [5.74, 6) is 1.44. The van der Waals surface area contributed by atoms with E-state index in [0.29, 0.717) is 5.92 Å². The summed E-state index contributed by atoms with van der Waals surface area (Å²) >= 11 is 0. The third kappa shape index (κ3) is 1.44. The highest BCUT2D eigenvalue weighted by Gasteiger charge is 2.50. The van der Waals surface area contributed by atoms with Gasteiger partial charge < -0.3 is 5.11 Å². The molecule has 64 valence electrons. The summed E-state index contributed by atoms with van der Waals surface area (Å²) in [4.78, 5) is 0. The minimum absolute atomic E-state index is 0.227. The number of hydrogen-bond acceptors (Lipinski definition) is 1. The molecule has 2 fully saturated rings. The average molecular weight is 154 g/mol. The van der Waals surface area contributed by atoms with Gasteiger partial charge in [0.15, 0.2) is 0 Å². The summed E-state index contributed by atoms with van der Waals surface area (Å²) < 4.78 is 0. The smallest absolute Gasteiger partial charge is 0.0680 e. The molecule has 0 aromatic heterocycles. The molecule has 2 rings (SSSR count). The van der Waals surface area contributed by atoms with Crippen molar-refractivity contribution in [2.24, 2.45) is 11.8 Å². The molecule has 0 radical (unpaired) electrons. The van der Waals surface area contributed by atoms with Crippen LogP contribution in [-0.4, -0.2) is 10.7 Å². The zero-order chi connectivity index (χ0) is 7.90. The topological polar surface area (TPSA) is 20.2 Å². The predicted molar refractivity (Wildman–Crippen MR) is 45.3 cm³/mol. The van der Waals surface area contributed by atoms with Crippen molar-refractivity contribution in [1.82, 2.24) is 0 Å². The largest absolute Gasteiger partial charge is 0.390 e. The molecule has 2 aliphatic rings. The molecule has 0 aliphatic heterocycles. The minimum Gasteiger partial charge on any atom is -0.390 e. The maximum absolute atomic E-state index is 9.86. The lowest BCUT2D eigenvalue weighted by atomic mass is 9.98. The van der Waals surface area contributed by atoms with E-state index in [0.717, 1.165) is 18.8 Å². The lowest BCUT2D eigenvalue weighted by molar-refractivity contribution is 0.104. The Kier molecular flexibility index (Phi) is 1.71. The second-order valence-corrected chi connectivity index (χ2v) is 4.56.